The summed E-state index contributed by atoms with van der Waals surface area (Å²) in [5.41, 5.74) is 0. The van der Waals surface area contributed by atoms with Crippen LogP contribution in [0.4, 0.5) is 0 Å². The molecule has 0 spiro atoms. The fraction of sp³-hybridized carbons (Fsp3) is 1.00. The van der Waals surface area contributed by atoms with Crippen LogP contribution in [0.5, 0.6) is 0 Å². The van der Waals surface area contributed by atoms with Gasteiger partial charge in [-0.3, -0.25) is 0 Å². The summed E-state index contributed by atoms with van der Waals surface area (Å²) < 4.78 is 0. The number of rotatable bonds is 7. The first-order valence-corrected chi connectivity index (χ1v) is 6.40. The van der Waals surface area contributed by atoms with Crippen LogP contribution in [0.25, 0.3) is 0 Å². The summed E-state index contributed by atoms with van der Waals surface area (Å²) >= 11 is 0. The van der Waals surface area contributed by atoms with Crippen LogP contribution < -0.4 is 5.32 Å². The van der Waals surface area contributed by atoms with E-state index in [2.05, 4.69) is 17.1 Å². The molecule has 1 heterocycles. The maximum absolute atomic E-state index is 8.90. The summed E-state index contributed by atoms with van der Waals surface area (Å²) in [4.78, 5) is 2.54. The summed E-state index contributed by atoms with van der Waals surface area (Å²) in [7, 11) is 0. The van der Waals surface area contributed by atoms with E-state index in [1.807, 2.05) is 0 Å². The SMILES string of the molecule is CC[C@@H](CCO)CCCN1CCNCC1. The van der Waals surface area contributed by atoms with Gasteiger partial charge in [-0.15, -0.1) is 0 Å². The third-order valence-electron chi connectivity index (χ3n) is 3.41. The van der Waals surface area contributed by atoms with E-state index in [4.69, 9.17) is 5.11 Å². The van der Waals surface area contributed by atoms with Crippen molar-refractivity contribution in [3.05, 3.63) is 0 Å². The van der Waals surface area contributed by atoms with Crippen molar-refractivity contribution in [1.29, 1.82) is 0 Å². The lowest BCUT2D eigenvalue weighted by Gasteiger charge is -2.27. The summed E-state index contributed by atoms with van der Waals surface area (Å²) in [5, 5.41) is 12.3. The van der Waals surface area contributed by atoms with Crippen molar-refractivity contribution < 1.29 is 5.11 Å². The molecule has 1 atom stereocenters. The zero-order chi connectivity index (χ0) is 10.9. The van der Waals surface area contributed by atoms with Gasteiger partial charge in [0.15, 0.2) is 0 Å². The zero-order valence-electron chi connectivity index (χ0n) is 10.0. The average molecular weight is 214 g/mol. The first kappa shape index (κ1) is 12.9. The third kappa shape index (κ3) is 5.50. The van der Waals surface area contributed by atoms with Gasteiger partial charge in [-0.25, -0.2) is 0 Å². The highest BCUT2D eigenvalue weighted by molar-refractivity contribution is 4.68. The van der Waals surface area contributed by atoms with E-state index in [-0.39, 0.29) is 0 Å². The van der Waals surface area contributed by atoms with Crippen molar-refractivity contribution >= 4 is 0 Å². The Labute approximate surface area is 93.9 Å². The van der Waals surface area contributed by atoms with Crippen LogP contribution in [0.2, 0.25) is 0 Å². The lowest BCUT2D eigenvalue weighted by atomic mass is 9.97. The van der Waals surface area contributed by atoms with Crippen LogP contribution in [-0.4, -0.2) is 49.3 Å². The highest BCUT2D eigenvalue weighted by Crippen LogP contribution is 2.15. The molecular formula is C12H26N2O. The van der Waals surface area contributed by atoms with Crippen LogP contribution in [0.15, 0.2) is 0 Å². The maximum Gasteiger partial charge on any atom is 0.0433 e. The Morgan fingerprint density at radius 3 is 2.60 bits per heavy atom. The van der Waals surface area contributed by atoms with E-state index in [9.17, 15) is 0 Å². The van der Waals surface area contributed by atoms with Crippen molar-refractivity contribution in [3.8, 4) is 0 Å². The summed E-state index contributed by atoms with van der Waals surface area (Å²) in [6, 6.07) is 0. The highest BCUT2D eigenvalue weighted by atomic mass is 16.3. The van der Waals surface area contributed by atoms with Gasteiger partial charge in [0.1, 0.15) is 0 Å². The number of aliphatic hydroxyl groups excluding tert-OH is 1. The standard InChI is InChI=1S/C12H26N2O/c1-2-12(5-11-15)4-3-8-14-9-6-13-7-10-14/h12-13,15H,2-11H2,1H3/t12-/m1/s1. The Bertz CT molecular complexity index is 142. The van der Waals surface area contributed by atoms with Gasteiger partial charge in [-0.2, -0.15) is 0 Å². The lowest BCUT2D eigenvalue weighted by Crippen LogP contribution is -2.43. The Hall–Kier alpha value is -0.120. The van der Waals surface area contributed by atoms with Gasteiger partial charge in [0.2, 0.25) is 0 Å². The zero-order valence-corrected chi connectivity index (χ0v) is 10.0. The molecule has 3 heteroatoms. The minimum Gasteiger partial charge on any atom is -0.396 e. The number of hydrogen-bond donors (Lipinski definition) is 2. The molecule has 0 aromatic heterocycles. The van der Waals surface area contributed by atoms with Crippen LogP contribution in [0.1, 0.15) is 32.6 Å². The van der Waals surface area contributed by atoms with E-state index >= 15 is 0 Å². The monoisotopic (exact) mass is 214 g/mol. The molecule has 2 N–H and O–H groups in total. The summed E-state index contributed by atoms with van der Waals surface area (Å²) in [6.45, 7) is 8.52. The molecule has 1 aliphatic rings. The smallest absolute Gasteiger partial charge is 0.0433 e. The molecule has 0 saturated carbocycles. The van der Waals surface area contributed by atoms with E-state index in [1.54, 1.807) is 0 Å². The molecule has 0 unspecified atom stereocenters. The normalized spacial score (nSPS) is 20.4. The van der Waals surface area contributed by atoms with Gasteiger partial charge >= 0.3 is 0 Å². The van der Waals surface area contributed by atoms with E-state index in [0.29, 0.717) is 6.61 Å². The molecule has 0 aromatic carbocycles. The molecular weight excluding hydrogens is 188 g/mol. The minimum absolute atomic E-state index is 0.353. The molecule has 1 rings (SSSR count). The van der Waals surface area contributed by atoms with Gasteiger partial charge in [-0.1, -0.05) is 13.3 Å². The molecule has 3 nitrogen and oxygen atoms in total. The van der Waals surface area contributed by atoms with E-state index < -0.39 is 0 Å². The van der Waals surface area contributed by atoms with Crippen LogP contribution in [0, 0.1) is 5.92 Å². The van der Waals surface area contributed by atoms with Gasteiger partial charge in [-0.05, 0) is 31.7 Å². The minimum atomic E-state index is 0.353. The fourth-order valence-corrected chi connectivity index (χ4v) is 2.27. The van der Waals surface area contributed by atoms with Crippen molar-refractivity contribution in [2.75, 3.05) is 39.3 Å². The average Bonchev–Trinajstić information content (AvgIpc) is 2.29. The Morgan fingerprint density at radius 1 is 1.27 bits per heavy atom. The molecule has 0 bridgehead atoms. The quantitative estimate of drug-likeness (QED) is 0.666. The van der Waals surface area contributed by atoms with Crippen molar-refractivity contribution in [3.63, 3.8) is 0 Å². The Kier molecular flexibility index (Phi) is 6.98. The molecule has 1 fully saturated rings. The van der Waals surface area contributed by atoms with Crippen molar-refractivity contribution in [2.24, 2.45) is 5.92 Å². The van der Waals surface area contributed by atoms with Crippen molar-refractivity contribution in [2.45, 2.75) is 32.6 Å². The molecule has 90 valence electrons. The first-order valence-electron chi connectivity index (χ1n) is 6.40. The van der Waals surface area contributed by atoms with Crippen molar-refractivity contribution in [1.82, 2.24) is 10.2 Å². The predicted molar refractivity (Wildman–Crippen MR) is 64.0 cm³/mol. The number of piperazine rings is 1. The molecule has 0 aliphatic carbocycles. The predicted octanol–water partition coefficient (Wildman–Crippen LogP) is 1.08. The van der Waals surface area contributed by atoms with Crippen LogP contribution >= 0.6 is 0 Å². The topological polar surface area (TPSA) is 35.5 Å². The van der Waals surface area contributed by atoms with E-state index in [0.717, 1.165) is 25.4 Å². The molecule has 15 heavy (non-hydrogen) atoms. The Morgan fingerprint density at radius 2 is 2.00 bits per heavy atom. The summed E-state index contributed by atoms with van der Waals surface area (Å²) in [6.07, 6.45) is 4.76. The van der Waals surface area contributed by atoms with E-state index in [1.165, 1.54) is 38.9 Å². The van der Waals surface area contributed by atoms with Crippen LogP contribution in [0.3, 0.4) is 0 Å². The lowest BCUT2D eigenvalue weighted by molar-refractivity contribution is 0.217. The second kappa shape index (κ2) is 8.08. The molecule has 0 aromatic rings. The third-order valence-corrected chi connectivity index (χ3v) is 3.41. The summed E-state index contributed by atoms with van der Waals surface area (Å²) in [5.74, 6) is 0.734. The molecule has 1 saturated heterocycles. The number of aliphatic hydroxyl groups is 1. The largest absolute Gasteiger partial charge is 0.396 e. The van der Waals surface area contributed by atoms with Gasteiger partial charge < -0.3 is 15.3 Å². The second-order valence-corrected chi connectivity index (χ2v) is 4.52. The maximum atomic E-state index is 8.90. The second-order valence-electron chi connectivity index (χ2n) is 4.52. The molecule has 0 radical (unpaired) electrons. The number of nitrogens with one attached hydrogen (secondary N) is 1. The van der Waals surface area contributed by atoms with Gasteiger partial charge in [0, 0.05) is 32.8 Å². The first-order chi connectivity index (χ1) is 7.36. The fourth-order valence-electron chi connectivity index (χ4n) is 2.27. The Balaban J connectivity index is 2.03. The molecule has 0 amide bonds. The van der Waals surface area contributed by atoms with Gasteiger partial charge in [0.25, 0.3) is 0 Å². The van der Waals surface area contributed by atoms with Crippen LogP contribution in [-0.2, 0) is 0 Å². The van der Waals surface area contributed by atoms with Gasteiger partial charge in [0.05, 0.1) is 0 Å². The number of nitrogens with zero attached hydrogens (tertiary/aromatic N) is 1. The highest BCUT2D eigenvalue weighted by Gasteiger charge is 2.10. The molecule has 1 aliphatic heterocycles. The number of hydrogen-bond acceptors (Lipinski definition) is 3.